The monoisotopic (exact) mass is 583 g/mol. The van der Waals surface area contributed by atoms with Gasteiger partial charge in [-0.2, -0.15) is 0 Å². The van der Waals surface area contributed by atoms with Crippen LogP contribution in [0.15, 0.2) is 29.3 Å². The molecule has 0 aliphatic carbocycles. The number of fused-ring (bicyclic) bond motifs is 3. The Labute approximate surface area is 243 Å². The molecule has 1 fully saturated rings. The standard InChI is InChI=1S/C28H34ClN7O3S/c1-16-17(2)40-26-23(16)24(19-7-9-20(29)10-8-19)30-21(25-32-31-18(3)36(25)26)15-22(37)33-35-13-11-34(12-14-35)27(38)39-28(4,5)6/h7-10,21H,11-15H2,1-6H3,(H,33,37)/t21-/m0/s1. The number of piperazine rings is 1. The SMILES string of the molecule is Cc1sc2c(c1C)C(c1ccc(Cl)cc1)=N[C@@H](CC(=O)NN1CCN(C(=O)OC(C)(C)C)CC1)c1nnc(C)n1-2. The maximum absolute atomic E-state index is 13.3. The van der Waals surface area contributed by atoms with Gasteiger partial charge in [0.05, 0.1) is 12.1 Å². The van der Waals surface area contributed by atoms with Crippen molar-refractivity contribution >= 4 is 40.6 Å². The average molecular weight is 584 g/mol. The number of nitrogens with zero attached hydrogens (tertiary/aromatic N) is 6. The van der Waals surface area contributed by atoms with Crippen LogP contribution >= 0.6 is 22.9 Å². The highest BCUT2D eigenvalue weighted by atomic mass is 35.5. The van der Waals surface area contributed by atoms with Crippen LogP contribution in [0.1, 0.15) is 66.5 Å². The van der Waals surface area contributed by atoms with E-state index in [1.807, 2.05) is 61.5 Å². The molecule has 2 aliphatic rings. The second kappa shape index (κ2) is 10.9. The summed E-state index contributed by atoms with van der Waals surface area (Å²) in [4.78, 5) is 33.7. The molecule has 1 saturated heterocycles. The molecule has 1 atom stereocenters. The summed E-state index contributed by atoms with van der Waals surface area (Å²) in [5.41, 5.74) is 6.35. The van der Waals surface area contributed by atoms with Gasteiger partial charge >= 0.3 is 6.09 Å². The van der Waals surface area contributed by atoms with Crippen LogP contribution in [0.25, 0.3) is 5.00 Å². The predicted molar refractivity (Wildman–Crippen MR) is 155 cm³/mol. The van der Waals surface area contributed by atoms with Crippen molar-refractivity contribution in [2.75, 3.05) is 26.2 Å². The predicted octanol–water partition coefficient (Wildman–Crippen LogP) is 4.77. The number of benzene rings is 1. The van der Waals surface area contributed by atoms with Crippen molar-refractivity contribution in [1.29, 1.82) is 0 Å². The van der Waals surface area contributed by atoms with E-state index in [2.05, 4.69) is 29.5 Å². The van der Waals surface area contributed by atoms with Gasteiger partial charge in [0.15, 0.2) is 5.82 Å². The third-order valence-electron chi connectivity index (χ3n) is 6.95. The van der Waals surface area contributed by atoms with Gasteiger partial charge < -0.3 is 9.64 Å². The van der Waals surface area contributed by atoms with Gasteiger partial charge in [0.2, 0.25) is 5.91 Å². The van der Waals surface area contributed by atoms with Gasteiger partial charge in [0.25, 0.3) is 0 Å². The lowest BCUT2D eigenvalue weighted by atomic mass is 9.99. The van der Waals surface area contributed by atoms with Gasteiger partial charge in [-0.25, -0.2) is 9.80 Å². The summed E-state index contributed by atoms with van der Waals surface area (Å²) in [6.45, 7) is 13.6. The molecule has 1 N–H and O–H groups in total. The summed E-state index contributed by atoms with van der Waals surface area (Å²) in [7, 11) is 0. The molecular weight excluding hydrogens is 550 g/mol. The number of halogens is 1. The van der Waals surface area contributed by atoms with E-state index in [1.165, 1.54) is 4.88 Å². The van der Waals surface area contributed by atoms with Crippen molar-refractivity contribution < 1.29 is 14.3 Å². The maximum atomic E-state index is 13.3. The van der Waals surface area contributed by atoms with Crippen LogP contribution in [0.3, 0.4) is 0 Å². The van der Waals surface area contributed by atoms with E-state index in [4.69, 9.17) is 21.3 Å². The van der Waals surface area contributed by atoms with Crippen molar-refractivity contribution in [1.82, 2.24) is 30.1 Å². The van der Waals surface area contributed by atoms with Crippen LogP contribution < -0.4 is 5.43 Å². The molecule has 40 heavy (non-hydrogen) atoms. The molecule has 0 saturated carbocycles. The second-order valence-electron chi connectivity index (χ2n) is 11.1. The summed E-state index contributed by atoms with van der Waals surface area (Å²) < 4.78 is 7.51. The van der Waals surface area contributed by atoms with Gasteiger partial charge in [-0.1, -0.05) is 23.7 Å². The molecule has 212 valence electrons. The van der Waals surface area contributed by atoms with Gasteiger partial charge in [0.1, 0.15) is 22.5 Å². The van der Waals surface area contributed by atoms with Crippen molar-refractivity contribution in [3.63, 3.8) is 0 Å². The summed E-state index contributed by atoms with van der Waals surface area (Å²) in [6, 6.07) is 7.06. The zero-order valence-corrected chi connectivity index (χ0v) is 25.2. The Bertz CT molecular complexity index is 1460. The number of amides is 2. The molecule has 0 bridgehead atoms. The molecule has 0 unspecified atom stereocenters. The molecule has 1 aromatic carbocycles. The molecule has 0 radical (unpaired) electrons. The third kappa shape index (κ3) is 5.77. The lowest BCUT2D eigenvalue weighted by Crippen LogP contribution is -2.55. The Morgan fingerprint density at radius 1 is 1.07 bits per heavy atom. The Balaban J connectivity index is 1.38. The van der Waals surface area contributed by atoms with Gasteiger partial charge in [0, 0.05) is 47.2 Å². The van der Waals surface area contributed by atoms with Crippen molar-refractivity contribution in [3.05, 3.63) is 62.5 Å². The Morgan fingerprint density at radius 3 is 2.40 bits per heavy atom. The number of ether oxygens (including phenoxy) is 1. The Hall–Kier alpha value is -3.28. The van der Waals surface area contributed by atoms with E-state index in [0.29, 0.717) is 37.0 Å². The maximum Gasteiger partial charge on any atom is 0.410 e. The second-order valence-corrected chi connectivity index (χ2v) is 12.7. The summed E-state index contributed by atoms with van der Waals surface area (Å²) >= 11 is 7.87. The van der Waals surface area contributed by atoms with Gasteiger partial charge in [-0.15, -0.1) is 21.5 Å². The summed E-state index contributed by atoms with van der Waals surface area (Å²) in [5.74, 6) is 1.20. The minimum Gasteiger partial charge on any atom is -0.444 e. The zero-order valence-electron chi connectivity index (χ0n) is 23.6. The van der Waals surface area contributed by atoms with E-state index in [-0.39, 0.29) is 18.4 Å². The number of hydrazine groups is 1. The highest BCUT2D eigenvalue weighted by Crippen LogP contribution is 2.39. The average Bonchev–Trinajstić information content (AvgIpc) is 3.36. The number of aryl methyl sites for hydroxylation is 2. The molecule has 3 aromatic rings. The van der Waals surface area contributed by atoms with Gasteiger partial charge in [-0.3, -0.25) is 19.8 Å². The number of carbonyl (C=O) groups is 2. The van der Waals surface area contributed by atoms with E-state index >= 15 is 0 Å². The first-order chi connectivity index (χ1) is 18.9. The molecular formula is C28H34ClN7O3S. The van der Waals surface area contributed by atoms with E-state index in [1.54, 1.807) is 16.2 Å². The lowest BCUT2D eigenvalue weighted by Gasteiger charge is -2.35. The van der Waals surface area contributed by atoms with Crippen LogP contribution in [-0.2, 0) is 9.53 Å². The van der Waals surface area contributed by atoms with Crippen molar-refractivity contribution in [3.8, 4) is 5.00 Å². The van der Waals surface area contributed by atoms with Crippen LogP contribution in [0.5, 0.6) is 0 Å². The lowest BCUT2D eigenvalue weighted by molar-refractivity contribution is -0.127. The number of nitrogens with one attached hydrogen (secondary N) is 1. The quantitative estimate of drug-likeness (QED) is 0.474. The normalized spacial score (nSPS) is 17.5. The van der Waals surface area contributed by atoms with E-state index in [0.717, 1.165) is 33.2 Å². The Kier molecular flexibility index (Phi) is 7.73. The highest BCUT2D eigenvalue weighted by Gasteiger charge is 2.33. The molecule has 4 heterocycles. The number of aromatic nitrogens is 3. The zero-order chi connectivity index (χ0) is 28.8. The minimum absolute atomic E-state index is 0.0917. The summed E-state index contributed by atoms with van der Waals surface area (Å²) in [6.07, 6.45) is -0.247. The van der Waals surface area contributed by atoms with Gasteiger partial charge in [-0.05, 0) is 59.2 Å². The number of thiophene rings is 1. The van der Waals surface area contributed by atoms with Crippen molar-refractivity contribution in [2.24, 2.45) is 4.99 Å². The first kappa shape index (κ1) is 28.3. The molecule has 0 spiro atoms. The van der Waals surface area contributed by atoms with Crippen LogP contribution in [0.4, 0.5) is 4.79 Å². The fourth-order valence-corrected chi connectivity index (χ4v) is 6.20. The number of hydrogen-bond acceptors (Lipinski definition) is 8. The first-order valence-corrected chi connectivity index (χ1v) is 14.5. The largest absolute Gasteiger partial charge is 0.444 e. The molecule has 2 aromatic heterocycles. The molecule has 5 rings (SSSR count). The molecule has 12 heteroatoms. The highest BCUT2D eigenvalue weighted by molar-refractivity contribution is 7.15. The molecule has 2 amide bonds. The van der Waals surface area contributed by atoms with E-state index in [9.17, 15) is 9.59 Å². The van der Waals surface area contributed by atoms with Crippen LogP contribution in [-0.4, -0.2) is 74.2 Å². The fraction of sp³-hybridized carbons (Fsp3) is 0.464. The topological polar surface area (TPSA) is 105 Å². The number of rotatable bonds is 4. The Morgan fingerprint density at radius 2 is 1.75 bits per heavy atom. The summed E-state index contributed by atoms with van der Waals surface area (Å²) in [5, 5.41) is 12.3. The fourth-order valence-electron chi connectivity index (χ4n) is 4.86. The third-order valence-corrected chi connectivity index (χ3v) is 8.39. The number of aliphatic imine (C=N–C) groups is 1. The minimum atomic E-state index is -0.550. The van der Waals surface area contributed by atoms with Crippen LogP contribution in [0, 0.1) is 20.8 Å². The smallest absolute Gasteiger partial charge is 0.410 e. The van der Waals surface area contributed by atoms with Crippen molar-refractivity contribution in [2.45, 2.75) is 59.6 Å². The number of carbonyl (C=O) groups excluding carboxylic acids is 2. The number of hydrogen-bond donors (Lipinski definition) is 1. The van der Waals surface area contributed by atoms with E-state index < -0.39 is 11.6 Å². The molecule has 2 aliphatic heterocycles. The first-order valence-electron chi connectivity index (χ1n) is 13.3. The molecule has 10 nitrogen and oxygen atoms in total. The van der Waals surface area contributed by atoms with Crippen LogP contribution in [0.2, 0.25) is 5.02 Å².